The Kier molecular flexibility index (Phi) is 7.54. The van der Waals surface area contributed by atoms with E-state index >= 15 is 4.39 Å². The summed E-state index contributed by atoms with van der Waals surface area (Å²) in [6.07, 6.45) is 0. The van der Waals surface area contributed by atoms with Crippen molar-refractivity contribution in [1.82, 2.24) is 3.97 Å². The number of halogens is 1. The zero-order valence-electron chi connectivity index (χ0n) is 25.3. The summed E-state index contributed by atoms with van der Waals surface area (Å²) in [4.78, 5) is 0.119. The normalized spacial score (nSPS) is 11.6. The van der Waals surface area contributed by atoms with Crippen molar-refractivity contribution in [2.45, 2.75) is 18.4 Å². The molecule has 7 rings (SSSR count). The zero-order valence-corrected chi connectivity index (χ0v) is 26.1. The van der Waals surface area contributed by atoms with Crippen LogP contribution in [0.25, 0.3) is 44.1 Å². The van der Waals surface area contributed by atoms with Crippen molar-refractivity contribution in [3.05, 3.63) is 150 Å². The van der Waals surface area contributed by atoms with Gasteiger partial charge in [-0.3, -0.25) is 0 Å². The molecule has 0 radical (unpaired) electrons. The molecule has 0 aliphatic carbocycles. The van der Waals surface area contributed by atoms with Crippen molar-refractivity contribution < 1.29 is 22.3 Å². The summed E-state index contributed by atoms with van der Waals surface area (Å²) < 4.78 is 58.0. The first-order valence-corrected chi connectivity index (χ1v) is 16.3. The monoisotopic (exact) mass is 627 g/mol. The lowest BCUT2D eigenvalue weighted by atomic mass is 9.94. The molecule has 0 saturated heterocycles. The summed E-state index contributed by atoms with van der Waals surface area (Å²) >= 11 is 0. The summed E-state index contributed by atoms with van der Waals surface area (Å²) in [5.41, 5.74) is 4.48. The lowest BCUT2D eigenvalue weighted by Crippen LogP contribution is -2.15. The van der Waals surface area contributed by atoms with Gasteiger partial charge >= 0.3 is 0 Å². The van der Waals surface area contributed by atoms with Gasteiger partial charge < -0.3 is 9.47 Å². The van der Waals surface area contributed by atoms with Crippen LogP contribution in [0.4, 0.5) is 4.39 Å². The van der Waals surface area contributed by atoms with Crippen molar-refractivity contribution in [1.29, 1.82) is 0 Å². The van der Waals surface area contributed by atoms with Crippen molar-refractivity contribution in [3.8, 4) is 33.9 Å². The van der Waals surface area contributed by atoms with Gasteiger partial charge in [-0.2, -0.15) is 0 Å². The standard InChI is InChI=1S/C39H30FNO4S/c1-26-12-20-32(21-13-26)46(42,43)41-35-22-17-30(40)24-34(35)37(29-14-18-31(44-2)19-15-29)39(41)38-33-11-7-6-10-28(33)16-23-36(38)45-25-27-8-4-3-5-9-27/h3-24H,25H2,1-2H3. The van der Waals surface area contributed by atoms with E-state index in [4.69, 9.17) is 9.47 Å². The fourth-order valence-corrected chi connectivity index (χ4v) is 7.46. The molecule has 0 fully saturated rings. The number of nitrogens with zero attached hydrogens (tertiary/aromatic N) is 1. The van der Waals surface area contributed by atoms with Crippen LogP contribution in [0.3, 0.4) is 0 Å². The predicted molar refractivity (Wildman–Crippen MR) is 181 cm³/mol. The third kappa shape index (κ3) is 5.18. The summed E-state index contributed by atoms with van der Waals surface area (Å²) in [6, 6.07) is 39.7. The molecule has 0 unspecified atom stereocenters. The molecule has 1 aromatic heterocycles. The molecule has 0 spiro atoms. The van der Waals surface area contributed by atoms with Crippen LogP contribution in [0.1, 0.15) is 11.1 Å². The first-order valence-electron chi connectivity index (χ1n) is 14.8. The lowest BCUT2D eigenvalue weighted by molar-refractivity contribution is 0.308. The van der Waals surface area contributed by atoms with Crippen LogP contribution in [0.5, 0.6) is 11.5 Å². The Balaban J connectivity index is 1.63. The summed E-state index contributed by atoms with van der Waals surface area (Å²) in [5.74, 6) is 0.669. The van der Waals surface area contributed by atoms with Crippen molar-refractivity contribution >= 4 is 31.7 Å². The van der Waals surface area contributed by atoms with E-state index in [2.05, 4.69) is 0 Å². The van der Waals surface area contributed by atoms with Crippen LogP contribution in [0.2, 0.25) is 0 Å². The number of ether oxygens (including phenoxy) is 2. The Labute approximate surface area is 267 Å². The molecule has 0 N–H and O–H groups in total. The first kappa shape index (κ1) is 29.3. The van der Waals surface area contributed by atoms with Crippen molar-refractivity contribution in [2.75, 3.05) is 7.11 Å². The van der Waals surface area contributed by atoms with Gasteiger partial charge in [0.25, 0.3) is 10.0 Å². The predicted octanol–water partition coefficient (Wildman–Crippen LogP) is 9.40. The van der Waals surface area contributed by atoms with Crippen LogP contribution >= 0.6 is 0 Å². The minimum absolute atomic E-state index is 0.119. The number of aromatic nitrogens is 1. The molecule has 0 amide bonds. The molecular formula is C39H30FNO4S. The Morgan fingerprint density at radius 2 is 1.43 bits per heavy atom. The maximum Gasteiger partial charge on any atom is 0.268 e. The van der Waals surface area contributed by atoms with E-state index in [1.807, 2.05) is 97.9 Å². The number of hydrogen-bond donors (Lipinski definition) is 0. The Hall–Kier alpha value is -5.40. The maximum absolute atomic E-state index is 15.1. The van der Waals surface area contributed by atoms with Gasteiger partial charge in [0.2, 0.25) is 0 Å². The van der Waals surface area contributed by atoms with E-state index in [0.29, 0.717) is 44.8 Å². The highest BCUT2D eigenvalue weighted by Gasteiger charge is 2.31. The zero-order chi connectivity index (χ0) is 31.8. The van der Waals surface area contributed by atoms with E-state index < -0.39 is 15.8 Å². The molecule has 0 atom stereocenters. The van der Waals surface area contributed by atoms with Gasteiger partial charge in [0.05, 0.1) is 23.2 Å². The van der Waals surface area contributed by atoms with E-state index in [0.717, 1.165) is 21.9 Å². The minimum Gasteiger partial charge on any atom is -0.497 e. The van der Waals surface area contributed by atoms with Crippen LogP contribution in [-0.4, -0.2) is 19.5 Å². The summed E-state index contributed by atoms with van der Waals surface area (Å²) in [6.45, 7) is 2.17. The molecule has 0 aliphatic rings. The molecule has 228 valence electrons. The summed E-state index contributed by atoms with van der Waals surface area (Å²) in [7, 11) is -2.63. The highest BCUT2D eigenvalue weighted by molar-refractivity contribution is 7.90. The average Bonchev–Trinajstić information content (AvgIpc) is 3.42. The molecule has 0 bridgehead atoms. The van der Waals surface area contributed by atoms with E-state index in [-0.39, 0.29) is 11.5 Å². The van der Waals surface area contributed by atoms with Crippen molar-refractivity contribution in [3.63, 3.8) is 0 Å². The van der Waals surface area contributed by atoms with Gasteiger partial charge in [-0.25, -0.2) is 16.8 Å². The molecule has 5 nitrogen and oxygen atoms in total. The number of benzene rings is 6. The van der Waals surface area contributed by atoms with Gasteiger partial charge in [-0.1, -0.05) is 90.5 Å². The smallest absolute Gasteiger partial charge is 0.268 e. The second-order valence-corrected chi connectivity index (χ2v) is 12.9. The molecule has 1 heterocycles. The van der Waals surface area contributed by atoms with Gasteiger partial charge in [0.15, 0.2) is 0 Å². The minimum atomic E-state index is -4.21. The van der Waals surface area contributed by atoms with Crippen LogP contribution < -0.4 is 9.47 Å². The highest BCUT2D eigenvalue weighted by Crippen LogP contribution is 2.48. The number of rotatable bonds is 8. The topological polar surface area (TPSA) is 57.5 Å². The molecular weight excluding hydrogens is 597 g/mol. The van der Waals surface area contributed by atoms with Gasteiger partial charge in [-0.15, -0.1) is 0 Å². The maximum atomic E-state index is 15.1. The van der Waals surface area contributed by atoms with Crippen LogP contribution in [0.15, 0.2) is 138 Å². The second kappa shape index (κ2) is 11.8. The lowest BCUT2D eigenvalue weighted by Gasteiger charge is -2.19. The van der Waals surface area contributed by atoms with Gasteiger partial charge in [0.1, 0.15) is 23.9 Å². The molecule has 0 saturated carbocycles. The highest BCUT2D eigenvalue weighted by atomic mass is 32.2. The fourth-order valence-electron chi connectivity index (χ4n) is 5.93. The number of methoxy groups -OCH3 is 1. The quantitative estimate of drug-likeness (QED) is 0.168. The summed E-state index contributed by atoms with van der Waals surface area (Å²) in [5, 5.41) is 2.16. The third-order valence-corrected chi connectivity index (χ3v) is 9.92. The molecule has 6 aromatic carbocycles. The molecule has 7 heteroatoms. The Morgan fingerprint density at radius 3 is 2.17 bits per heavy atom. The Morgan fingerprint density at radius 1 is 0.717 bits per heavy atom. The number of fused-ring (bicyclic) bond motifs is 2. The van der Waals surface area contributed by atoms with Gasteiger partial charge in [-0.05, 0) is 77.4 Å². The van der Waals surface area contributed by atoms with Crippen LogP contribution in [-0.2, 0) is 16.6 Å². The van der Waals surface area contributed by atoms with E-state index in [1.165, 1.54) is 22.2 Å². The first-order chi connectivity index (χ1) is 22.3. The SMILES string of the molecule is COc1ccc(-c2c(-c3c(OCc4ccccc4)ccc4ccccc34)n(S(=O)(=O)c3ccc(C)cc3)c3ccc(F)cc23)cc1. The fraction of sp³-hybridized carbons (Fsp3) is 0.0769. The third-order valence-electron chi connectivity index (χ3n) is 8.19. The van der Waals surface area contributed by atoms with Crippen molar-refractivity contribution in [2.24, 2.45) is 0 Å². The van der Waals surface area contributed by atoms with E-state index in [1.54, 1.807) is 31.4 Å². The van der Waals surface area contributed by atoms with E-state index in [9.17, 15) is 8.42 Å². The second-order valence-electron chi connectivity index (χ2n) is 11.1. The molecule has 7 aromatic rings. The largest absolute Gasteiger partial charge is 0.497 e. The molecule has 46 heavy (non-hydrogen) atoms. The Bertz CT molecular complexity index is 2310. The van der Waals surface area contributed by atoms with Gasteiger partial charge in [0, 0.05) is 16.5 Å². The molecule has 0 aliphatic heterocycles. The number of aryl methyl sites for hydroxylation is 1. The van der Waals surface area contributed by atoms with Crippen LogP contribution in [0, 0.1) is 12.7 Å². The average molecular weight is 628 g/mol. The number of hydrogen-bond acceptors (Lipinski definition) is 4.